The second kappa shape index (κ2) is 6.89. The number of piperidine rings is 1. The van der Waals surface area contributed by atoms with Crippen molar-refractivity contribution in [1.29, 1.82) is 0 Å². The highest BCUT2D eigenvalue weighted by atomic mass is 32.1. The lowest BCUT2D eigenvalue weighted by molar-refractivity contribution is -0.142. The predicted octanol–water partition coefficient (Wildman–Crippen LogP) is 3.48. The van der Waals surface area contributed by atoms with Crippen molar-refractivity contribution in [2.45, 2.75) is 39.0 Å². The Morgan fingerprint density at radius 1 is 1.25 bits per heavy atom. The predicted molar refractivity (Wildman–Crippen MR) is 94.2 cm³/mol. The number of hydrogen-bond acceptors (Lipinski definition) is 4. The second-order valence-electron chi connectivity index (χ2n) is 6.90. The number of ketones is 1. The van der Waals surface area contributed by atoms with E-state index in [0.29, 0.717) is 11.3 Å². The van der Waals surface area contributed by atoms with Gasteiger partial charge in [-0.2, -0.15) is 16.4 Å². The number of Topliss-reactive ketones (excluding diaryl/α,β-unsaturated/α-hetero) is 1. The summed E-state index contributed by atoms with van der Waals surface area (Å²) in [7, 11) is 0. The molecule has 3 rings (SSSR count). The Kier molecular flexibility index (Phi) is 4.85. The molecule has 1 atom stereocenters. The van der Waals surface area contributed by atoms with Gasteiger partial charge in [-0.3, -0.25) is 14.7 Å². The molecule has 0 saturated carbocycles. The molecule has 128 valence electrons. The SMILES string of the molecule is CC(C)(C(=O)N1CCCCC1)C(C(=O)c1ccsc1)c1ccn[nH]1. The number of aromatic nitrogens is 2. The Morgan fingerprint density at radius 3 is 2.58 bits per heavy atom. The average molecular weight is 345 g/mol. The van der Waals surface area contributed by atoms with Crippen LogP contribution in [0.15, 0.2) is 29.1 Å². The summed E-state index contributed by atoms with van der Waals surface area (Å²) in [6.45, 7) is 5.31. The number of nitrogens with one attached hydrogen (secondary N) is 1. The van der Waals surface area contributed by atoms with Gasteiger partial charge in [0.1, 0.15) is 0 Å². The first-order valence-corrected chi connectivity index (χ1v) is 9.31. The van der Waals surface area contributed by atoms with Crippen LogP contribution in [0, 0.1) is 5.41 Å². The number of nitrogens with zero attached hydrogens (tertiary/aromatic N) is 2. The van der Waals surface area contributed by atoms with E-state index in [4.69, 9.17) is 0 Å². The zero-order valence-electron chi connectivity index (χ0n) is 14.1. The first-order valence-electron chi connectivity index (χ1n) is 8.37. The van der Waals surface area contributed by atoms with Crippen molar-refractivity contribution in [2.75, 3.05) is 13.1 Å². The number of likely N-dealkylation sites (tertiary alicyclic amines) is 1. The maximum absolute atomic E-state index is 13.2. The largest absolute Gasteiger partial charge is 0.342 e. The van der Waals surface area contributed by atoms with Crippen molar-refractivity contribution in [1.82, 2.24) is 15.1 Å². The van der Waals surface area contributed by atoms with E-state index in [1.54, 1.807) is 12.3 Å². The van der Waals surface area contributed by atoms with Gasteiger partial charge in [0.2, 0.25) is 5.91 Å². The normalized spacial score (nSPS) is 16.8. The Hall–Kier alpha value is -1.95. The third-order valence-corrected chi connectivity index (χ3v) is 5.50. The summed E-state index contributed by atoms with van der Waals surface area (Å²) in [6.07, 6.45) is 4.87. The van der Waals surface area contributed by atoms with Crippen LogP contribution in [-0.2, 0) is 4.79 Å². The van der Waals surface area contributed by atoms with Crippen LogP contribution in [0.5, 0.6) is 0 Å². The van der Waals surface area contributed by atoms with Gasteiger partial charge in [0.25, 0.3) is 0 Å². The fourth-order valence-corrected chi connectivity index (χ4v) is 4.13. The second-order valence-corrected chi connectivity index (χ2v) is 7.68. The van der Waals surface area contributed by atoms with E-state index in [-0.39, 0.29) is 11.7 Å². The molecule has 1 amide bonds. The summed E-state index contributed by atoms with van der Waals surface area (Å²) in [5.74, 6) is -0.551. The zero-order chi connectivity index (χ0) is 17.2. The van der Waals surface area contributed by atoms with E-state index >= 15 is 0 Å². The molecule has 1 aliphatic heterocycles. The first kappa shape index (κ1) is 16.9. The van der Waals surface area contributed by atoms with Gasteiger partial charge in [-0.05, 0) is 50.6 Å². The van der Waals surface area contributed by atoms with Crippen LogP contribution in [0.25, 0.3) is 0 Å². The zero-order valence-corrected chi connectivity index (χ0v) is 14.9. The highest BCUT2D eigenvalue weighted by Gasteiger charge is 2.45. The molecule has 0 spiro atoms. The molecular weight excluding hydrogens is 322 g/mol. The molecule has 1 unspecified atom stereocenters. The highest BCUT2D eigenvalue weighted by Crippen LogP contribution is 2.39. The third kappa shape index (κ3) is 3.15. The Balaban J connectivity index is 1.94. The minimum atomic E-state index is -0.830. The molecule has 0 aliphatic carbocycles. The van der Waals surface area contributed by atoms with E-state index in [1.807, 2.05) is 35.6 Å². The summed E-state index contributed by atoms with van der Waals surface area (Å²) in [5.41, 5.74) is 0.517. The number of aromatic amines is 1. The molecule has 24 heavy (non-hydrogen) atoms. The van der Waals surface area contributed by atoms with E-state index < -0.39 is 11.3 Å². The van der Waals surface area contributed by atoms with Gasteiger partial charge in [-0.15, -0.1) is 0 Å². The minimum Gasteiger partial charge on any atom is -0.342 e. The Bertz CT molecular complexity index is 686. The summed E-state index contributed by atoms with van der Waals surface area (Å²) in [5, 5.41) is 10.6. The number of H-pyrrole nitrogens is 1. The number of carbonyl (C=O) groups is 2. The molecule has 6 heteroatoms. The van der Waals surface area contributed by atoms with E-state index in [9.17, 15) is 9.59 Å². The first-order chi connectivity index (χ1) is 11.5. The highest BCUT2D eigenvalue weighted by molar-refractivity contribution is 7.08. The molecule has 1 aliphatic rings. The van der Waals surface area contributed by atoms with Crippen molar-refractivity contribution >= 4 is 23.0 Å². The quantitative estimate of drug-likeness (QED) is 0.844. The molecule has 0 aromatic carbocycles. The molecule has 0 radical (unpaired) electrons. The lowest BCUT2D eigenvalue weighted by Crippen LogP contribution is -2.47. The summed E-state index contributed by atoms with van der Waals surface area (Å²) < 4.78 is 0. The molecule has 1 saturated heterocycles. The molecule has 2 aromatic heterocycles. The van der Waals surface area contributed by atoms with E-state index in [2.05, 4.69) is 10.2 Å². The molecule has 2 aromatic rings. The average Bonchev–Trinajstić information content (AvgIpc) is 3.28. The maximum Gasteiger partial charge on any atom is 0.229 e. The van der Waals surface area contributed by atoms with Gasteiger partial charge in [-0.1, -0.05) is 0 Å². The number of rotatable bonds is 5. The molecule has 0 bridgehead atoms. The number of hydrogen-bond donors (Lipinski definition) is 1. The standard InChI is InChI=1S/C18H23N3O2S/c1-18(2,17(23)21-9-4-3-5-10-21)15(14-6-8-19-20-14)16(22)13-7-11-24-12-13/h6-8,11-12,15H,3-5,9-10H2,1-2H3,(H,19,20). The maximum atomic E-state index is 13.2. The molecular formula is C18H23N3O2S. The lowest BCUT2D eigenvalue weighted by atomic mass is 9.72. The molecule has 1 fully saturated rings. The fourth-order valence-electron chi connectivity index (χ4n) is 3.48. The summed E-state index contributed by atoms with van der Waals surface area (Å²) in [4.78, 5) is 28.2. The van der Waals surface area contributed by atoms with Crippen molar-refractivity contribution in [3.63, 3.8) is 0 Å². The number of thiophene rings is 1. The van der Waals surface area contributed by atoms with Gasteiger partial charge >= 0.3 is 0 Å². The third-order valence-electron chi connectivity index (χ3n) is 4.82. The van der Waals surface area contributed by atoms with Gasteiger partial charge < -0.3 is 4.90 Å². The monoisotopic (exact) mass is 345 g/mol. The van der Waals surface area contributed by atoms with Crippen LogP contribution in [-0.4, -0.2) is 39.9 Å². The van der Waals surface area contributed by atoms with Crippen molar-refractivity contribution < 1.29 is 9.59 Å². The Morgan fingerprint density at radius 2 is 2.00 bits per heavy atom. The van der Waals surface area contributed by atoms with Crippen LogP contribution in [0.1, 0.15) is 55.1 Å². The number of amides is 1. The van der Waals surface area contributed by atoms with Gasteiger partial charge in [0.05, 0.1) is 11.3 Å². The van der Waals surface area contributed by atoms with Crippen LogP contribution >= 0.6 is 11.3 Å². The van der Waals surface area contributed by atoms with Gasteiger partial charge in [0.15, 0.2) is 5.78 Å². The van der Waals surface area contributed by atoms with Gasteiger partial charge in [0, 0.05) is 35.9 Å². The summed E-state index contributed by atoms with van der Waals surface area (Å²) >= 11 is 1.49. The fraction of sp³-hybridized carbons (Fsp3) is 0.500. The topological polar surface area (TPSA) is 66.1 Å². The minimum absolute atomic E-state index is 0.0316. The van der Waals surface area contributed by atoms with E-state index in [1.165, 1.54) is 17.8 Å². The molecule has 3 heterocycles. The molecule has 5 nitrogen and oxygen atoms in total. The van der Waals surface area contributed by atoms with E-state index in [0.717, 1.165) is 25.9 Å². The summed E-state index contributed by atoms with van der Waals surface area (Å²) in [6, 6.07) is 3.61. The van der Waals surface area contributed by atoms with Gasteiger partial charge in [-0.25, -0.2) is 0 Å². The lowest BCUT2D eigenvalue weighted by Gasteiger charge is -2.38. The van der Waals surface area contributed by atoms with Crippen molar-refractivity contribution in [2.24, 2.45) is 5.41 Å². The van der Waals surface area contributed by atoms with Crippen LogP contribution in [0.3, 0.4) is 0 Å². The van der Waals surface area contributed by atoms with Crippen LogP contribution in [0.2, 0.25) is 0 Å². The van der Waals surface area contributed by atoms with Crippen LogP contribution < -0.4 is 0 Å². The van der Waals surface area contributed by atoms with Crippen LogP contribution in [0.4, 0.5) is 0 Å². The number of carbonyl (C=O) groups excluding carboxylic acids is 2. The van der Waals surface area contributed by atoms with Crippen molar-refractivity contribution in [3.05, 3.63) is 40.3 Å². The molecule has 1 N–H and O–H groups in total. The van der Waals surface area contributed by atoms with Crippen molar-refractivity contribution in [3.8, 4) is 0 Å². The Labute approximate surface area is 146 Å². The smallest absolute Gasteiger partial charge is 0.229 e.